The second kappa shape index (κ2) is 8.41. The Balaban J connectivity index is 1.59. The minimum Gasteiger partial charge on any atom is -0.336 e. The molecule has 1 aromatic rings. The Kier molecular flexibility index (Phi) is 6.00. The summed E-state index contributed by atoms with van der Waals surface area (Å²) in [5.41, 5.74) is 0.937. The van der Waals surface area contributed by atoms with Crippen LogP contribution in [0.5, 0.6) is 0 Å². The van der Waals surface area contributed by atoms with Crippen LogP contribution < -0.4 is 0 Å². The maximum absolute atomic E-state index is 12.9. The monoisotopic (exact) mass is 341 g/mol. The average Bonchev–Trinajstić information content (AvgIpc) is 2.67. The first-order valence-electron chi connectivity index (χ1n) is 9.25. The molecule has 6 heteroatoms. The molecule has 2 fully saturated rings. The van der Waals surface area contributed by atoms with Gasteiger partial charge in [-0.1, -0.05) is 0 Å². The molecule has 134 valence electrons. The fourth-order valence-corrected chi connectivity index (χ4v) is 3.72. The van der Waals surface area contributed by atoms with Gasteiger partial charge in [0.05, 0.1) is 5.56 Å². The third-order valence-corrected chi connectivity index (χ3v) is 5.39. The maximum atomic E-state index is 12.9. The van der Waals surface area contributed by atoms with Crippen LogP contribution in [0.2, 0.25) is 0 Å². The number of aromatic nitrogens is 1. The van der Waals surface area contributed by atoms with Gasteiger partial charge in [0, 0.05) is 51.5 Å². The van der Waals surface area contributed by atoms with Crippen molar-refractivity contribution in [2.24, 2.45) is 0 Å². The largest absolute Gasteiger partial charge is 0.336 e. The van der Waals surface area contributed by atoms with E-state index in [1.807, 2.05) is 11.0 Å². The average molecular weight is 341 g/mol. The van der Waals surface area contributed by atoms with Crippen LogP contribution in [0.4, 0.5) is 0 Å². The Morgan fingerprint density at radius 2 is 2.04 bits per heavy atom. The highest BCUT2D eigenvalue weighted by atomic mass is 16.2. The van der Waals surface area contributed by atoms with Crippen LogP contribution in [0.3, 0.4) is 0 Å². The summed E-state index contributed by atoms with van der Waals surface area (Å²) < 4.78 is 0. The number of likely N-dealkylation sites (tertiary alicyclic amines) is 1. The Morgan fingerprint density at radius 3 is 2.72 bits per heavy atom. The molecule has 3 rings (SSSR count). The summed E-state index contributed by atoms with van der Waals surface area (Å²) in [5.74, 6) is 0.0556. The zero-order chi connectivity index (χ0) is 17.6. The molecule has 0 spiro atoms. The number of nitrogens with zero attached hydrogens (tertiary/aromatic N) is 5. The second-order valence-electron chi connectivity index (χ2n) is 7.13. The van der Waals surface area contributed by atoms with Gasteiger partial charge in [-0.15, -0.1) is 0 Å². The fraction of sp³-hybridized carbons (Fsp3) is 0.632. The number of hydrogen-bond donors (Lipinski definition) is 0. The quantitative estimate of drug-likeness (QED) is 0.832. The zero-order valence-electron chi connectivity index (χ0n) is 15.0. The summed E-state index contributed by atoms with van der Waals surface area (Å²) in [6.07, 6.45) is 5.93. The standard InChI is InChI=1S/C19H27N5O/c1-22-10-12-23(13-11-22)9-7-18-4-2-3-8-24(18)19(25)16-5-6-17(14-20)21-15-16/h5-6,15,18H,2-4,7-13H2,1H3/t18-/m1/s1. The molecule has 2 saturated heterocycles. The predicted molar refractivity (Wildman–Crippen MR) is 96.2 cm³/mol. The minimum atomic E-state index is 0.0556. The summed E-state index contributed by atoms with van der Waals surface area (Å²) in [6.45, 7) is 6.39. The first-order valence-corrected chi connectivity index (χ1v) is 9.25. The van der Waals surface area contributed by atoms with Crippen LogP contribution in [0, 0.1) is 11.3 Å². The van der Waals surface area contributed by atoms with Crippen molar-refractivity contribution in [1.82, 2.24) is 19.7 Å². The summed E-state index contributed by atoms with van der Waals surface area (Å²) in [6, 6.07) is 5.66. The molecule has 1 atom stereocenters. The van der Waals surface area contributed by atoms with Crippen molar-refractivity contribution in [2.75, 3.05) is 46.3 Å². The predicted octanol–water partition coefficient (Wildman–Crippen LogP) is 1.59. The number of piperazine rings is 1. The molecule has 0 unspecified atom stereocenters. The van der Waals surface area contributed by atoms with Crippen LogP contribution in [-0.2, 0) is 0 Å². The molecular formula is C19H27N5O. The van der Waals surface area contributed by atoms with E-state index in [0.29, 0.717) is 17.3 Å². The van der Waals surface area contributed by atoms with Crippen LogP contribution in [0.1, 0.15) is 41.7 Å². The number of carbonyl (C=O) groups excluding carboxylic acids is 1. The van der Waals surface area contributed by atoms with Crippen molar-refractivity contribution in [3.8, 4) is 6.07 Å². The highest BCUT2D eigenvalue weighted by Gasteiger charge is 2.28. The van der Waals surface area contributed by atoms with Gasteiger partial charge in [0.15, 0.2) is 0 Å². The zero-order valence-corrected chi connectivity index (χ0v) is 15.0. The van der Waals surface area contributed by atoms with Crippen LogP contribution >= 0.6 is 0 Å². The molecule has 2 aliphatic heterocycles. The summed E-state index contributed by atoms with van der Waals surface area (Å²) >= 11 is 0. The number of amides is 1. The normalized spacial score (nSPS) is 22.6. The summed E-state index contributed by atoms with van der Waals surface area (Å²) in [4.78, 5) is 23.8. The van der Waals surface area contributed by atoms with Crippen molar-refractivity contribution in [3.05, 3.63) is 29.6 Å². The van der Waals surface area contributed by atoms with E-state index < -0.39 is 0 Å². The van der Waals surface area contributed by atoms with Crippen molar-refractivity contribution in [1.29, 1.82) is 5.26 Å². The van der Waals surface area contributed by atoms with E-state index in [4.69, 9.17) is 5.26 Å². The summed E-state index contributed by atoms with van der Waals surface area (Å²) in [5, 5.41) is 8.85. The van der Waals surface area contributed by atoms with Gasteiger partial charge in [0.1, 0.15) is 11.8 Å². The Bertz CT molecular complexity index is 616. The van der Waals surface area contributed by atoms with Crippen LogP contribution in [0.15, 0.2) is 18.3 Å². The van der Waals surface area contributed by atoms with Gasteiger partial charge in [-0.2, -0.15) is 5.26 Å². The maximum Gasteiger partial charge on any atom is 0.255 e. The molecule has 1 aromatic heterocycles. The van der Waals surface area contributed by atoms with Crippen LogP contribution in [0.25, 0.3) is 0 Å². The first kappa shape index (κ1) is 17.8. The highest BCUT2D eigenvalue weighted by molar-refractivity contribution is 5.94. The Labute approximate surface area is 150 Å². The van der Waals surface area contributed by atoms with Crippen molar-refractivity contribution < 1.29 is 4.79 Å². The topological polar surface area (TPSA) is 63.5 Å². The van der Waals surface area contributed by atoms with E-state index in [0.717, 1.165) is 58.5 Å². The van der Waals surface area contributed by atoms with E-state index in [-0.39, 0.29) is 5.91 Å². The van der Waals surface area contributed by atoms with E-state index in [1.54, 1.807) is 12.1 Å². The SMILES string of the molecule is CN1CCN(CC[C@H]2CCCCN2C(=O)c2ccc(C#N)nc2)CC1. The van der Waals surface area contributed by atoms with Crippen LogP contribution in [-0.4, -0.2) is 77.9 Å². The van der Waals surface area contributed by atoms with E-state index >= 15 is 0 Å². The molecule has 25 heavy (non-hydrogen) atoms. The lowest BCUT2D eigenvalue weighted by molar-refractivity contribution is 0.0569. The van der Waals surface area contributed by atoms with Gasteiger partial charge in [0.25, 0.3) is 5.91 Å². The third-order valence-electron chi connectivity index (χ3n) is 5.39. The molecular weight excluding hydrogens is 314 g/mol. The second-order valence-corrected chi connectivity index (χ2v) is 7.13. The van der Waals surface area contributed by atoms with E-state index in [1.165, 1.54) is 12.6 Å². The molecule has 0 N–H and O–H groups in total. The molecule has 0 radical (unpaired) electrons. The molecule has 0 saturated carbocycles. The van der Waals surface area contributed by atoms with Crippen molar-refractivity contribution in [2.45, 2.75) is 31.7 Å². The summed E-state index contributed by atoms with van der Waals surface area (Å²) in [7, 11) is 2.17. The fourth-order valence-electron chi connectivity index (χ4n) is 3.72. The van der Waals surface area contributed by atoms with Crippen molar-refractivity contribution >= 4 is 5.91 Å². The van der Waals surface area contributed by atoms with Crippen molar-refractivity contribution in [3.63, 3.8) is 0 Å². The number of rotatable bonds is 4. The van der Waals surface area contributed by atoms with Gasteiger partial charge in [0.2, 0.25) is 0 Å². The highest BCUT2D eigenvalue weighted by Crippen LogP contribution is 2.22. The molecule has 0 aromatic carbocycles. The third kappa shape index (κ3) is 4.56. The molecule has 2 aliphatic rings. The van der Waals surface area contributed by atoms with E-state index in [2.05, 4.69) is 21.8 Å². The number of carbonyl (C=O) groups is 1. The lowest BCUT2D eigenvalue weighted by Gasteiger charge is -2.38. The Hall–Kier alpha value is -1.97. The number of likely N-dealkylation sites (N-methyl/N-ethyl adjacent to an activating group) is 1. The van der Waals surface area contributed by atoms with E-state index in [9.17, 15) is 4.79 Å². The smallest absolute Gasteiger partial charge is 0.255 e. The van der Waals surface area contributed by atoms with Gasteiger partial charge in [-0.05, 0) is 44.9 Å². The molecule has 6 nitrogen and oxygen atoms in total. The van der Waals surface area contributed by atoms with Gasteiger partial charge < -0.3 is 14.7 Å². The lowest BCUT2D eigenvalue weighted by Crippen LogP contribution is -2.48. The molecule has 3 heterocycles. The molecule has 1 amide bonds. The number of nitriles is 1. The molecule has 0 bridgehead atoms. The molecule has 0 aliphatic carbocycles. The van der Waals surface area contributed by atoms with Gasteiger partial charge in [-0.25, -0.2) is 4.98 Å². The first-order chi connectivity index (χ1) is 12.2. The number of piperidine rings is 1. The van der Waals surface area contributed by atoms with Gasteiger partial charge >= 0.3 is 0 Å². The minimum absolute atomic E-state index is 0.0556. The van der Waals surface area contributed by atoms with Gasteiger partial charge in [-0.3, -0.25) is 4.79 Å². The lowest BCUT2D eigenvalue weighted by atomic mass is 9.98. The number of hydrogen-bond acceptors (Lipinski definition) is 5. The number of pyridine rings is 1. The Morgan fingerprint density at radius 1 is 1.24 bits per heavy atom.